The molecule has 2 aromatic heterocycles. The van der Waals surface area contributed by atoms with Gasteiger partial charge in [0.2, 0.25) is 5.91 Å². The summed E-state index contributed by atoms with van der Waals surface area (Å²) in [6, 6.07) is 8.86. The molecule has 0 spiro atoms. The van der Waals surface area contributed by atoms with E-state index in [0.29, 0.717) is 30.8 Å². The van der Waals surface area contributed by atoms with Gasteiger partial charge in [0.05, 0.1) is 11.9 Å². The van der Waals surface area contributed by atoms with Gasteiger partial charge in [-0.2, -0.15) is 5.10 Å². The number of hydrogen-bond acceptors (Lipinski definition) is 5. The Morgan fingerprint density at radius 1 is 1.24 bits per heavy atom. The molecule has 8 nitrogen and oxygen atoms in total. The molecule has 8 heteroatoms. The fraction of sp³-hybridized carbons (Fsp3) is 0.286. The minimum absolute atomic E-state index is 0.0214. The summed E-state index contributed by atoms with van der Waals surface area (Å²) in [4.78, 5) is 35.2. The van der Waals surface area contributed by atoms with Crippen LogP contribution in [0.2, 0.25) is 0 Å². The number of likely N-dealkylation sites (tertiary alicyclic amines) is 1. The largest absolute Gasteiger partial charge is 0.338 e. The van der Waals surface area contributed by atoms with Gasteiger partial charge < -0.3 is 10.2 Å². The molecule has 0 unspecified atom stereocenters. The Kier molecular flexibility index (Phi) is 5.33. The van der Waals surface area contributed by atoms with Crippen LogP contribution >= 0.6 is 0 Å². The van der Waals surface area contributed by atoms with Gasteiger partial charge in [-0.25, -0.2) is 9.97 Å². The van der Waals surface area contributed by atoms with E-state index in [-0.39, 0.29) is 17.7 Å². The number of benzene rings is 1. The van der Waals surface area contributed by atoms with Crippen LogP contribution in [-0.4, -0.2) is 50.0 Å². The topological polar surface area (TPSA) is 104 Å². The summed E-state index contributed by atoms with van der Waals surface area (Å²) >= 11 is 0. The molecule has 4 rings (SSSR count). The lowest BCUT2D eigenvalue weighted by atomic mass is 10.1. The summed E-state index contributed by atoms with van der Waals surface area (Å²) in [5.41, 5.74) is 3.03. The lowest BCUT2D eigenvalue weighted by molar-refractivity contribution is -0.115. The highest BCUT2D eigenvalue weighted by Crippen LogP contribution is 2.27. The molecule has 1 aliphatic rings. The molecule has 3 heterocycles. The summed E-state index contributed by atoms with van der Waals surface area (Å²) in [7, 11) is 0. The van der Waals surface area contributed by atoms with Crippen LogP contribution in [0.25, 0.3) is 11.3 Å². The molecule has 0 bridgehead atoms. The highest BCUT2D eigenvalue weighted by molar-refractivity contribution is 5.96. The maximum atomic E-state index is 12.9. The summed E-state index contributed by atoms with van der Waals surface area (Å²) in [5.74, 6) is 0.779. The highest BCUT2D eigenvalue weighted by Gasteiger charge is 2.29. The van der Waals surface area contributed by atoms with E-state index in [1.54, 1.807) is 49.8 Å². The van der Waals surface area contributed by atoms with Crippen molar-refractivity contribution in [3.05, 3.63) is 60.3 Å². The molecule has 2 amide bonds. The van der Waals surface area contributed by atoms with Crippen LogP contribution in [0.15, 0.2) is 48.9 Å². The number of carbonyl (C=O) groups is 2. The SMILES string of the molecule is CCC(=O)Nc1ccc(C(=O)N2CC[C@@H](c3nccc(-c4cn[nH]c4)n3)C2)cc1. The number of amides is 2. The van der Waals surface area contributed by atoms with Crippen molar-refractivity contribution in [1.29, 1.82) is 0 Å². The molecular formula is C21H22N6O2. The first kappa shape index (κ1) is 18.8. The Hall–Kier alpha value is -3.55. The fourth-order valence-corrected chi connectivity index (χ4v) is 3.41. The Balaban J connectivity index is 1.42. The molecule has 1 aromatic carbocycles. The van der Waals surface area contributed by atoms with Gasteiger partial charge in [0.1, 0.15) is 5.82 Å². The van der Waals surface area contributed by atoms with Gasteiger partial charge in [-0.15, -0.1) is 0 Å². The molecule has 148 valence electrons. The third kappa shape index (κ3) is 4.16. The predicted octanol–water partition coefficient (Wildman–Crippen LogP) is 2.84. The van der Waals surface area contributed by atoms with E-state index in [9.17, 15) is 9.59 Å². The molecule has 2 N–H and O–H groups in total. The van der Waals surface area contributed by atoms with Crippen molar-refractivity contribution in [2.24, 2.45) is 0 Å². The van der Waals surface area contributed by atoms with Gasteiger partial charge in [-0.3, -0.25) is 14.7 Å². The average molecular weight is 390 g/mol. The molecule has 29 heavy (non-hydrogen) atoms. The van der Waals surface area contributed by atoms with Crippen LogP contribution in [0.1, 0.15) is 41.9 Å². The van der Waals surface area contributed by atoms with Gasteiger partial charge in [0.25, 0.3) is 5.91 Å². The van der Waals surface area contributed by atoms with Crippen LogP contribution in [-0.2, 0) is 4.79 Å². The number of aromatic amines is 1. The molecule has 1 fully saturated rings. The molecule has 0 aliphatic carbocycles. The van der Waals surface area contributed by atoms with Gasteiger partial charge in [-0.1, -0.05) is 6.92 Å². The maximum absolute atomic E-state index is 12.9. The summed E-state index contributed by atoms with van der Waals surface area (Å²) in [6.07, 6.45) is 6.51. The first-order valence-electron chi connectivity index (χ1n) is 9.65. The quantitative estimate of drug-likeness (QED) is 0.697. The van der Waals surface area contributed by atoms with Gasteiger partial charge in [0.15, 0.2) is 0 Å². The Morgan fingerprint density at radius 3 is 2.79 bits per heavy atom. The zero-order valence-corrected chi connectivity index (χ0v) is 16.1. The van der Waals surface area contributed by atoms with Crippen molar-refractivity contribution in [3.63, 3.8) is 0 Å². The van der Waals surface area contributed by atoms with Crippen LogP contribution in [0.5, 0.6) is 0 Å². The minimum Gasteiger partial charge on any atom is -0.338 e. The molecule has 0 saturated carbocycles. The molecule has 1 aliphatic heterocycles. The smallest absolute Gasteiger partial charge is 0.253 e. The standard InChI is InChI=1S/C21H22N6O2/c1-2-19(28)25-17-5-3-14(4-6-17)21(29)27-10-8-15(13-27)20-22-9-7-18(26-20)16-11-23-24-12-16/h3-7,9,11-12,15H,2,8,10,13H2,1H3,(H,23,24)(H,25,28)/t15-/m1/s1. The van der Waals surface area contributed by atoms with E-state index in [4.69, 9.17) is 0 Å². The van der Waals surface area contributed by atoms with E-state index >= 15 is 0 Å². The highest BCUT2D eigenvalue weighted by atomic mass is 16.2. The van der Waals surface area contributed by atoms with E-state index in [0.717, 1.165) is 23.5 Å². The predicted molar refractivity (Wildman–Crippen MR) is 108 cm³/mol. The third-order valence-electron chi connectivity index (χ3n) is 5.05. The van der Waals surface area contributed by atoms with Crippen LogP contribution in [0, 0.1) is 0 Å². The third-order valence-corrected chi connectivity index (χ3v) is 5.05. The van der Waals surface area contributed by atoms with E-state index in [1.165, 1.54) is 0 Å². The first-order valence-corrected chi connectivity index (χ1v) is 9.65. The average Bonchev–Trinajstić information content (AvgIpc) is 3.46. The van der Waals surface area contributed by atoms with Crippen molar-refractivity contribution < 1.29 is 9.59 Å². The minimum atomic E-state index is -0.0517. The number of carbonyl (C=O) groups excluding carboxylic acids is 2. The molecular weight excluding hydrogens is 368 g/mol. The van der Waals surface area contributed by atoms with Crippen molar-refractivity contribution >= 4 is 17.5 Å². The zero-order chi connectivity index (χ0) is 20.2. The van der Waals surface area contributed by atoms with Crippen molar-refractivity contribution in [2.45, 2.75) is 25.7 Å². The normalized spacial score (nSPS) is 16.0. The van der Waals surface area contributed by atoms with Gasteiger partial charge >= 0.3 is 0 Å². The second-order valence-electron chi connectivity index (χ2n) is 7.00. The fourth-order valence-electron chi connectivity index (χ4n) is 3.41. The van der Waals surface area contributed by atoms with Crippen LogP contribution in [0.3, 0.4) is 0 Å². The number of rotatable bonds is 5. The Morgan fingerprint density at radius 2 is 2.07 bits per heavy atom. The first-order chi connectivity index (χ1) is 14.1. The maximum Gasteiger partial charge on any atom is 0.253 e. The van der Waals surface area contributed by atoms with Gasteiger partial charge in [0, 0.05) is 54.6 Å². The summed E-state index contributed by atoms with van der Waals surface area (Å²) in [6.45, 7) is 3.05. The number of H-pyrrole nitrogens is 1. The van der Waals surface area contributed by atoms with E-state index in [1.807, 2.05) is 11.0 Å². The number of aromatic nitrogens is 4. The monoisotopic (exact) mass is 390 g/mol. The van der Waals surface area contributed by atoms with Crippen LogP contribution in [0.4, 0.5) is 5.69 Å². The van der Waals surface area contributed by atoms with Crippen LogP contribution < -0.4 is 5.32 Å². The van der Waals surface area contributed by atoms with E-state index in [2.05, 4.69) is 25.5 Å². The lowest BCUT2D eigenvalue weighted by Crippen LogP contribution is -2.28. The second-order valence-corrected chi connectivity index (χ2v) is 7.00. The summed E-state index contributed by atoms with van der Waals surface area (Å²) in [5, 5.41) is 9.53. The number of anilines is 1. The Labute approximate surface area is 168 Å². The molecule has 1 atom stereocenters. The summed E-state index contributed by atoms with van der Waals surface area (Å²) < 4.78 is 0. The number of nitrogens with one attached hydrogen (secondary N) is 2. The van der Waals surface area contributed by atoms with E-state index < -0.39 is 0 Å². The number of hydrogen-bond donors (Lipinski definition) is 2. The second kappa shape index (κ2) is 8.22. The molecule has 3 aromatic rings. The van der Waals surface area contributed by atoms with Crippen molar-refractivity contribution in [3.8, 4) is 11.3 Å². The molecule has 0 radical (unpaired) electrons. The molecule has 1 saturated heterocycles. The van der Waals surface area contributed by atoms with Gasteiger partial charge in [-0.05, 0) is 36.8 Å². The van der Waals surface area contributed by atoms with Crippen molar-refractivity contribution in [2.75, 3.05) is 18.4 Å². The Bertz CT molecular complexity index is 1000. The zero-order valence-electron chi connectivity index (χ0n) is 16.1. The lowest BCUT2D eigenvalue weighted by Gasteiger charge is -2.17. The van der Waals surface area contributed by atoms with Crippen molar-refractivity contribution in [1.82, 2.24) is 25.1 Å². The number of nitrogens with zero attached hydrogens (tertiary/aromatic N) is 4.